The van der Waals surface area contributed by atoms with Crippen LogP contribution in [-0.4, -0.2) is 27.3 Å². The van der Waals surface area contributed by atoms with Gasteiger partial charge in [-0.3, -0.25) is 0 Å². The fourth-order valence-electron chi connectivity index (χ4n) is 4.29. The molecule has 0 saturated carbocycles. The van der Waals surface area contributed by atoms with Crippen LogP contribution in [-0.2, 0) is 6.42 Å². The Kier molecular flexibility index (Phi) is 3.74. The van der Waals surface area contributed by atoms with Gasteiger partial charge in [-0.1, -0.05) is 30.3 Å². The molecule has 1 aliphatic carbocycles. The standard InChI is InChI=1S/C20H23NO2/c1-22-18-10-16-17(13-6-4-3-5-7-13)12-21-11-14-8-9-15(19(14)16)20(18)23-2/h3-7,10,14,17,21H,8-9,11-12H2,1-2H3/t14-,17+/m0/s1. The van der Waals surface area contributed by atoms with Gasteiger partial charge < -0.3 is 14.8 Å². The molecule has 23 heavy (non-hydrogen) atoms. The van der Waals surface area contributed by atoms with Crippen LogP contribution in [0.1, 0.15) is 40.5 Å². The zero-order valence-corrected chi connectivity index (χ0v) is 13.8. The van der Waals surface area contributed by atoms with E-state index >= 15 is 0 Å². The lowest BCUT2D eigenvalue weighted by Gasteiger charge is -2.22. The lowest BCUT2D eigenvalue weighted by atomic mass is 9.85. The molecule has 3 nitrogen and oxygen atoms in total. The first kappa shape index (κ1) is 14.6. The van der Waals surface area contributed by atoms with Crippen molar-refractivity contribution in [3.05, 3.63) is 58.7 Å². The Morgan fingerprint density at radius 3 is 2.61 bits per heavy atom. The maximum atomic E-state index is 5.69. The number of hydrogen-bond donors (Lipinski definition) is 1. The van der Waals surface area contributed by atoms with Gasteiger partial charge in [-0.15, -0.1) is 0 Å². The van der Waals surface area contributed by atoms with Crippen molar-refractivity contribution in [3.63, 3.8) is 0 Å². The minimum Gasteiger partial charge on any atom is -0.493 e. The molecule has 4 rings (SSSR count). The molecule has 0 spiro atoms. The molecule has 0 aromatic heterocycles. The second-order valence-electron chi connectivity index (χ2n) is 6.45. The SMILES string of the molecule is COc1cc2c3c(c1OC)CC[C@H]3CNC[C@@H]2c1ccccc1. The Labute approximate surface area is 137 Å². The van der Waals surface area contributed by atoms with Crippen LogP contribution >= 0.6 is 0 Å². The summed E-state index contributed by atoms with van der Waals surface area (Å²) in [6.45, 7) is 2.03. The molecule has 0 bridgehead atoms. The second kappa shape index (κ2) is 5.89. The van der Waals surface area contributed by atoms with Crippen LogP contribution in [0.4, 0.5) is 0 Å². The van der Waals surface area contributed by atoms with Gasteiger partial charge in [0.15, 0.2) is 11.5 Å². The molecule has 2 aliphatic rings. The fraction of sp³-hybridized carbons (Fsp3) is 0.400. The second-order valence-corrected chi connectivity index (χ2v) is 6.45. The van der Waals surface area contributed by atoms with Crippen molar-refractivity contribution in [2.24, 2.45) is 0 Å². The van der Waals surface area contributed by atoms with E-state index in [0.29, 0.717) is 11.8 Å². The Morgan fingerprint density at radius 2 is 1.87 bits per heavy atom. The number of methoxy groups -OCH3 is 2. The van der Waals surface area contributed by atoms with Crippen LogP contribution < -0.4 is 14.8 Å². The Morgan fingerprint density at radius 1 is 1.04 bits per heavy atom. The van der Waals surface area contributed by atoms with Gasteiger partial charge in [0.25, 0.3) is 0 Å². The predicted molar refractivity (Wildman–Crippen MR) is 91.8 cm³/mol. The molecule has 2 aromatic rings. The molecule has 0 fully saturated rings. The number of ether oxygens (including phenoxy) is 2. The average molecular weight is 309 g/mol. The molecular formula is C20H23NO2. The third kappa shape index (κ3) is 2.31. The van der Waals surface area contributed by atoms with Gasteiger partial charge in [-0.05, 0) is 41.5 Å². The van der Waals surface area contributed by atoms with Gasteiger partial charge in [0, 0.05) is 24.6 Å². The minimum absolute atomic E-state index is 0.368. The number of benzene rings is 2. The van der Waals surface area contributed by atoms with Gasteiger partial charge in [0.1, 0.15) is 0 Å². The average Bonchev–Trinajstić information content (AvgIpc) is 2.93. The quantitative estimate of drug-likeness (QED) is 0.942. The summed E-state index contributed by atoms with van der Waals surface area (Å²) in [5.41, 5.74) is 5.64. The molecule has 0 radical (unpaired) electrons. The lowest BCUT2D eigenvalue weighted by molar-refractivity contribution is 0.351. The van der Waals surface area contributed by atoms with E-state index < -0.39 is 0 Å². The van der Waals surface area contributed by atoms with Crippen molar-refractivity contribution in [1.29, 1.82) is 0 Å². The van der Waals surface area contributed by atoms with Crippen LogP contribution in [0.25, 0.3) is 0 Å². The monoisotopic (exact) mass is 309 g/mol. The normalized spacial score (nSPS) is 22.3. The first-order valence-corrected chi connectivity index (χ1v) is 8.36. The smallest absolute Gasteiger partial charge is 0.164 e. The highest BCUT2D eigenvalue weighted by molar-refractivity contribution is 5.60. The molecule has 0 amide bonds. The highest BCUT2D eigenvalue weighted by Gasteiger charge is 2.35. The zero-order valence-electron chi connectivity index (χ0n) is 13.8. The maximum absolute atomic E-state index is 5.69. The molecule has 1 aliphatic heterocycles. The molecule has 1 N–H and O–H groups in total. The molecule has 3 heteroatoms. The van der Waals surface area contributed by atoms with E-state index in [1.807, 2.05) is 0 Å². The fourth-order valence-corrected chi connectivity index (χ4v) is 4.29. The molecular weight excluding hydrogens is 286 g/mol. The predicted octanol–water partition coefficient (Wildman–Crippen LogP) is 3.47. The van der Waals surface area contributed by atoms with Gasteiger partial charge >= 0.3 is 0 Å². The van der Waals surface area contributed by atoms with Crippen LogP contribution in [0.15, 0.2) is 36.4 Å². The topological polar surface area (TPSA) is 30.5 Å². The van der Waals surface area contributed by atoms with Gasteiger partial charge in [-0.25, -0.2) is 0 Å². The Balaban J connectivity index is 1.93. The molecule has 2 atom stereocenters. The Bertz CT molecular complexity index is 711. The summed E-state index contributed by atoms with van der Waals surface area (Å²) < 4.78 is 11.3. The Hall–Kier alpha value is -2.00. The summed E-state index contributed by atoms with van der Waals surface area (Å²) >= 11 is 0. The van der Waals surface area contributed by atoms with Crippen molar-refractivity contribution >= 4 is 0 Å². The largest absolute Gasteiger partial charge is 0.493 e. The van der Waals surface area contributed by atoms with E-state index in [1.165, 1.54) is 28.7 Å². The van der Waals surface area contributed by atoms with E-state index in [1.54, 1.807) is 14.2 Å². The van der Waals surface area contributed by atoms with Gasteiger partial charge in [0.2, 0.25) is 0 Å². The summed E-state index contributed by atoms with van der Waals surface area (Å²) in [5.74, 6) is 2.76. The zero-order chi connectivity index (χ0) is 15.8. The summed E-state index contributed by atoms with van der Waals surface area (Å²) in [6.07, 6.45) is 2.27. The number of hydrogen-bond acceptors (Lipinski definition) is 3. The van der Waals surface area contributed by atoms with Crippen molar-refractivity contribution in [1.82, 2.24) is 5.32 Å². The summed E-state index contributed by atoms with van der Waals surface area (Å²) in [7, 11) is 3.48. The third-order valence-corrected chi connectivity index (χ3v) is 5.31. The number of nitrogens with one attached hydrogen (secondary N) is 1. The summed E-state index contributed by atoms with van der Waals surface area (Å²) in [6, 6.07) is 13.0. The molecule has 2 aromatic carbocycles. The van der Waals surface area contributed by atoms with Crippen molar-refractivity contribution in [3.8, 4) is 11.5 Å². The van der Waals surface area contributed by atoms with Crippen molar-refractivity contribution in [2.45, 2.75) is 24.7 Å². The van der Waals surface area contributed by atoms with Crippen LogP contribution in [0.5, 0.6) is 11.5 Å². The molecule has 1 heterocycles. The number of rotatable bonds is 3. The molecule has 0 unspecified atom stereocenters. The molecule has 120 valence electrons. The first-order valence-electron chi connectivity index (χ1n) is 8.36. The van der Waals surface area contributed by atoms with Gasteiger partial charge in [0.05, 0.1) is 14.2 Å². The molecule has 0 saturated heterocycles. The van der Waals surface area contributed by atoms with E-state index in [2.05, 4.69) is 41.7 Å². The van der Waals surface area contributed by atoms with E-state index in [-0.39, 0.29) is 0 Å². The lowest BCUT2D eigenvalue weighted by Crippen LogP contribution is -2.22. The van der Waals surface area contributed by atoms with Crippen LogP contribution in [0.2, 0.25) is 0 Å². The highest BCUT2D eigenvalue weighted by Crippen LogP contribution is 2.49. The van der Waals surface area contributed by atoms with Gasteiger partial charge in [-0.2, -0.15) is 0 Å². The summed E-state index contributed by atoms with van der Waals surface area (Å²) in [5, 5.41) is 3.67. The highest BCUT2D eigenvalue weighted by atomic mass is 16.5. The maximum Gasteiger partial charge on any atom is 0.164 e. The van der Waals surface area contributed by atoms with E-state index in [0.717, 1.165) is 31.0 Å². The van der Waals surface area contributed by atoms with Crippen molar-refractivity contribution < 1.29 is 9.47 Å². The van der Waals surface area contributed by atoms with E-state index in [9.17, 15) is 0 Å². The first-order chi connectivity index (χ1) is 11.3. The third-order valence-electron chi connectivity index (χ3n) is 5.31. The minimum atomic E-state index is 0.368. The van der Waals surface area contributed by atoms with Crippen LogP contribution in [0.3, 0.4) is 0 Å². The summed E-state index contributed by atoms with van der Waals surface area (Å²) in [4.78, 5) is 0. The van der Waals surface area contributed by atoms with Crippen LogP contribution in [0, 0.1) is 0 Å². The van der Waals surface area contributed by atoms with E-state index in [4.69, 9.17) is 9.47 Å². The van der Waals surface area contributed by atoms with Crippen molar-refractivity contribution in [2.75, 3.05) is 27.3 Å².